The average Bonchev–Trinajstić information content (AvgIpc) is 3.32. The van der Waals surface area contributed by atoms with Crippen molar-refractivity contribution < 1.29 is 18.0 Å². The van der Waals surface area contributed by atoms with Gasteiger partial charge in [0.05, 0.1) is 18.0 Å². The number of unbranched alkanes of at least 4 members (excludes halogenated alkanes) is 2. The van der Waals surface area contributed by atoms with Crippen molar-refractivity contribution in [1.82, 2.24) is 8.61 Å². The second kappa shape index (κ2) is 11.2. The van der Waals surface area contributed by atoms with E-state index in [0.29, 0.717) is 32.8 Å². The Morgan fingerprint density at radius 1 is 1.19 bits per heavy atom. The van der Waals surface area contributed by atoms with Crippen LogP contribution in [0, 0.1) is 10.8 Å². The Kier molecular flexibility index (Phi) is 8.40. The van der Waals surface area contributed by atoms with Gasteiger partial charge in [-0.2, -0.15) is 12.7 Å². The number of hydrogen-bond acceptors (Lipinski definition) is 7. The van der Waals surface area contributed by atoms with Crippen molar-refractivity contribution >= 4 is 28.4 Å². The van der Waals surface area contributed by atoms with Gasteiger partial charge in [0.25, 0.3) is 0 Å². The third kappa shape index (κ3) is 5.55. The number of oxime groups is 1. The molecule has 0 radical (unpaired) electrons. The number of fused-ring (bicyclic) bond motifs is 1. The summed E-state index contributed by atoms with van der Waals surface area (Å²) >= 11 is 0. The molecule has 9 nitrogen and oxygen atoms in total. The Morgan fingerprint density at radius 3 is 2.78 bits per heavy atom. The van der Waals surface area contributed by atoms with Crippen molar-refractivity contribution in [2.45, 2.75) is 39.0 Å². The molecule has 1 fully saturated rings. The van der Waals surface area contributed by atoms with Crippen molar-refractivity contribution in [1.29, 1.82) is 10.8 Å². The molecule has 0 spiro atoms. The fraction of sp³-hybridized carbons (Fsp3) is 0.500. The third-order valence-corrected chi connectivity index (χ3v) is 7.46. The molecule has 1 aliphatic heterocycles. The van der Waals surface area contributed by atoms with Gasteiger partial charge in [-0.15, -0.1) is 0 Å². The lowest BCUT2D eigenvalue weighted by atomic mass is 10.1. The lowest BCUT2D eigenvalue weighted by Crippen LogP contribution is -2.33. The second-order valence-electron chi connectivity index (χ2n) is 7.57. The van der Waals surface area contributed by atoms with E-state index in [1.165, 1.54) is 20.2 Å². The maximum absolute atomic E-state index is 12.6. The summed E-state index contributed by atoms with van der Waals surface area (Å²) in [6.45, 7) is 4.20. The Bertz CT molecular complexity index is 990. The van der Waals surface area contributed by atoms with Crippen LogP contribution in [0.5, 0.6) is 5.75 Å². The van der Waals surface area contributed by atoms with E-state index in [1.807, 2.05) is 19.1 Å². The molecule has 174 valence electrons. The van der Waals surface area contributed by atoms with Crippen LogP contribution in [-0.2, 0) is 21.5 Å². The van der Waals surface area contributed by atoms with E-state index in [2.05, 4.69) is 11.2 Å². The Labute approximate surface area is 189 Å². The molecule has 10 heteroatoms. The predicted octanol–water partition coefficient (Wildman–Crippen LogP) is 2.97. The molecule has 2 aliphatic rings. The quantitative estimate of drug-likeness (QED) is 0.282. The van der Waals surface area contributed by atoms with Crippen molar-refractivity contribution in [3.05, 3.63) is 41.1 Å². The summed E-state index contributed by atoms with van der Waals surface area (Å²) in [5, 5.41) is 18.7. The Balaban J connectivity index is 1.40. The Hall–Kier alpha value is -2.72. The zero-order chi connectivity index (χ0) is 23.0. The molecule has 3 rings (SSSR count). The SMILES string of the molecule is CCO/N=C1\CCc2cc(OCCCCCN3CCN(/C(C=N)=C/C=N)S3(=O)=O)ccc21. The number of nitrogens with one attached hydrogen (secondary N) is 2. The van der Waals surface area contributed by atoms with Crippen LogP contribution < -0.4 is 4.74 Å². The van der Waals surface area contributed by atoms with Gasteiger partial charge in [-0.25, -0.2) is 0 Å². The van der Waals surface area contributed by atoms with Gasteiger partial charge in [0.2, 0.25) is 0 Å². The highest BCUT2D eigenvalue weighted by Gasteiger charge is 2.36. The smallest absolute Gasteiger partial charge is 0.304 e. The molecule has 0 saturated carbocycles. The molecule has 2 N–H and O–H groups in total. The fourth-order valence-corrected chi connectivity index (χ4v) is 5.52. The highest BCUT2D eigenvalue weighted by atomic mass is 32.2. The summed E-state index contributed by atoms with van der Waals surface area (Å²) in [5.41, 5.74) is 3.56. The van der Waals surface area contributed by atoms with Crippen LogP contribution in [0.3, 0.4) is 0 Å². The van der Waals surface area contributed by atoms with E-state index in [1.54, 1.807) is 0 Å². The summed E-state index contributed by atoms with van der Waals surface area (Å²) < 4.78 is 33.8. The van der Waals surface area contributed by atoms with Crippen LogP contribution >= 0.6 is 0 Å². The van der Waals surface area contributed by atoms with Crippen LogP contribution in [-0.4, -0.2) is 68.0 Å². The summed E-state index contributed by atoms with van der Waals surface area (Å²) in [5.74, 6) is 0.844. The maximum Gasteiger partial charge on any atom is 0.304 e. The number of ether oxygens (including phenoxy) is 1. The predicted molar refractivity (Wildman–Crippen MR) is 125 cm³/mol. The average molecular weight is 462 g/mol. The molecule has 1 aliphatic carbocycles. The Morgan fingerprint density at radius 2 is 2.03 bits per heavy atom. The van der Waals surface area contributed by atoms with E-state index >= 15 is 0 Å². The van der Waals surface area contributed by atoms with Crippen LogP contribution in [0.4, 0.5) is 0 Å². The summed E-state index contributed by atoms with van der Waals surface area (Å²) in [6, 6.07) is 6.06. The molecule has 0 bridgehead atoms. The number of allylic oxidation sites excluding steroid dienone is 2. The van der Waals surface area contributed by atoms with Crippen molar-refractivity contribution in [2.75, 3.05) is 32.8 Å². The molecule has 0 amide bonds. The van der Waals surface area contributed by atoms with Gasteiger partial charge in [0.15, 0.2) is 0 Å². The van der Waals surface area contributed by atoms with E-state index < -0.39 is 10.2 Å². The van der Waals surface area contributed by atoms with Crippen LogP contribution in [0.2, 0.25) is 0 Å². The van der Waals surface area contributed by atoms with Gasteiger partial charge >= 0.3 is 10.2 Å². The highest BCUT2D eigenvalue weighted by Crippen LogP contribution is 2.27. The van der Waals surface area contributed by atoms with E-state index in [4.69, 9.17) is 20.4 Å². The van der Waals surface area contributed by atoms with E-state index in [-0.39, 0.29) is 5.70 Å². The number of hydrogen-bond donors (Lipinski definition) is 2. The first-order valence-electron chi connectivity index (χ1n) is 10.9. The summed E-state index contributed by atoms with van der Waals surface area (Å²) in [6.07, 6.45) is 7.54. The normalized spacial score (nSPS) is 19.2. The minimum Gasteiger partial charge on any atom is -0.494 e. The molecular formula is C22H31N5O4S. The van der Waals surface area contributed by atoms with Gasteiger partial charge in [-0.3, -0.25) is 4.31 Å². The molecule has 32 heavy (non-hydrogen) atoms. The van der Waals surface area contributed by atoms with Crippen molar-refractivity contribution in [3.8, 4) is 5.75 Å². The van der Waals surface area contributed by atoms with Gasteiger partial charge in [0.1, 0.15) is 12.4 Å². The topological polar surface area (TPSA) is 119 Å². The molecule has 1 aromatic carbocycles. The number of aryl methyl sites for hydroxylation is 1. The molecule has 0 unspecified atom stereocenters. The number of rotatable bonds is 12. The molecule has 1 saturated heterocycles. The number of nitrogens with zero attached hydrogens (tertiary/aromatic N) is 3. The third-order valence-electron chi connectivity index (χ3n) is 5.49. The zero-order valence-electron chi connectivity index (χ0n) is 18.4. The summed E-state index contributed by atoms with van der Waals surface area (Å²) in [4.78, 5) is 5.18. The van der Waals surface area contributed by atoms with Crippen molar-refractivity contribution in [3.63, 3.8) is 0 Å². The lowest BCUT2D eigenvalue weighted by molar-refractivity contribution is 0.158. The first-order valence-corrected chi connectivity index (χ1v) is 12.3. The minimum absolute atomic E-state index is 0.210. The molecule has 0 aromatic heterocycles. The van der Waals surface area contributed by atoms with Crippen molar-refractivity contribution in [2.24, 2.45) is 5.16 Å². The second-order valence-corrected chi connectivity index (χ2v) is 9.42. The fourth-order valence-electron chi connectivity index (χ4n) is 3.88. The summed E-state index contributed by atoms with van der Waals surface area (Å²) in [7, 11) is -3.62. The zero-order valence-corrected chi connectivity index (χ0v) is 19.2. The van der Waals surface area contributed by atoms with Gasteiger partial charge in [-0.1, -0.05) is 5.16 Å². The molecule has 1 heterocycles. The van der Waals surface area contributed by atoms with Crippen LogP contribution in [0.1, 0.15) is 43.7 Å². The molecule has 1 aromatic rings. The van der Waals surface area contributed by atoms with E-state index in [9.17, 15) is 8.42 Å². The first kappa shape index (κ1) is 23.9. The van der Waals surface area contributed by atoms with E-state index in [0.717, 1.165) is 61.6 Å². The van der Waals surface area contributed by atoms with Gasteiger partial charge < -0.3 is 20.4 Å². The minimum atomic E-state index is -3.62. The standard InChI is InChI=1S/C22H31N5O4S/c1-2-31-25-22-9-6-18-16-20(7-8-21(18)22)30-15-5-3-4-12-26-13-14-27(32(26,28)29)19(17-24)10-11-23/h7-8,10-11,16-17,23-24H,2-6,9,12-15H2,1H3/b19-10+,23-11?,24-17?,25-22+. The largest absolute Gasteiger partial charge is 0.494 e. The molecule has 0 atom stereocenters. The first-order chi connectivity index (χ1) is 15.5. The van der Waals surface area contributed by atoms with Gasteiger partial charge in [0, 0.05) is 37.6 Å². The maximum atomic E-state index is 12.6. The lowest BCUT2D eigenvalue weighted by Gasteiger charge is -2.20. The highest BCUT2D eigenvalue weighted by molar-refractivity contribution is 7.87. The monoisotopic (exact) mass is 461 g/mol. The van der Waals surface area contributed by atoms with Gasteiger partial charge in [-0.05, 0) is 68.9 Å². The molecular weight excluding hydrogens is 430 g/mol. The van der Waals surface area contributed by atoms with Crippen LogP contribution in [0.25, 0.3) is 0 Å². The number of benzene rings is 1. The van der Waals surface area contributed by atoms with Crippen LogP contribution in [0.15, 0.2) is 35.1 Å².